The largest absolute Gasteiger partial charge is 0.493 e. The van der Waals surface area contributed by atoms with Gasteiger partial charge in [-0.2, -0.15) is 4.98 Å². The first kappa shape index (κ1) is 19.5. The summed E-state index contributed by atoms with van der Waals surface area (Å²) >= 11 is 0. The molecule has 0 aliphatic rings. The predicted octanol–water partition coefficient (Wildman–Crippen LogP) is 2.73. The van der Waals surface area contributed by atoms with Crippen LogP contribution in [0.15, 0.2) is 23.0 Å². The lowest BCUT2D eigenvalue weighted by molar-refractivity contribution is 0.0524. The van der Waals surface area contributed by atoms with Gasteiger partial charge in [-0.3, -0.25) is 4.57 Å². The first-order chi connectivity index (χ1) is 12.4. The molecule has 0 saturated heterocycles. The third-order valence-electron chi connectivity index (χ3n) is 3.97. The van der Waals surface area contributed by atoms with E-state index in [-0.39, 0.29) is 17.9 Å². The molecule has 1 heterocycles. The number of esters is 1. The second-order valence-electron chi connectivity index (χ2n) is 5.70. The van der Waals surface area contributed by atoms with E-state index in [1.165, 1.54) is 11.7 Å². The lowest BCUT2D eigenvalue weighted by Gasteiger charge is -2.15. The van der Waals surface area contributed by atoms with Crippen LogP contribution in [-0.4, -0.2) is 35.8 Å². The summed E-state index contributed by atoms with van der Waals surface area (Å²) in [6.07, 6.45) is 0.868. The molecule has 2 aromatic rings. The Bertz CT molecular complexity index is 858. The standard InChI is InChI=1S/C19H24N2O5/c1-6-10-26-14-9-8-13(11-15(14)24-5)17-16(18(22)25-7-2)12(3)21(4)19(23)20-17/h8-9,11H,6-7,10H2,1-5H3. The lowest BCUT2D eigenvalue weighted by Crippen LogP contribution is -2.27. The fourth-order valence-corrected chi connectivity index (χ4v) is 2.51. The average molecular weight is 360 g/mol. The van der Waals surface area contributed by atoms with Crippen molar-refractivity contribution in [2.75, 3.05) is 20.3 Å². The zero-order chi connectivity index (χ0) is 19.3. The molecule has 0 fully saturated rings. The van der Waals surface area contributed by atoms with Gasteiger partial charge in [0.25, 0.3) is 0 Å². The van der Waals surface area contributed by atoms with Gasteiger partial charge in [-0.1, -0.05) is 6.92 Å². The molecule has 0 aliphatic carbocycles. The van der Waals surface area contributed by atoms with E-state index in [4.69, 9.17) is 14.2 Å². The van der Waals surface area contributed by atoms with E-state index in [0.717, 1.165) is 6.42 Å². The van der Waals surface area contributed by atoms with E-state index in [2.05, 4.69) is 4.98 Å². The maximum Gasteiger partial charge on any atom is 0.348 e. The summed E-state index contributed by atoms with van der Waals surface area (Å²) in [7, 11) is 3.10. The number of carbonyl (C=O) groups is 1. The minimum Gasteiger partial charge on any atom is -0.493 e. The third kappa shape index (κ3) is 3.87. The topological polar surface area (TPSA) is 79.7 Å². The van der Waals surface area contributed by atoms with Crippen LogP contribution in [0.5, 0.6) is 11.5 Å². The zero-order valence-electron chi connectivity index (χ0n) is 15.8. The molecule has 0 radical (unpaired) electrons. The van der Waals surface area contributed by atoms with Gasteiger partial charge in [0.1, 0.15) is 5.56 Å². The summed E-state index contributed by atoms with van der Waals surface area (Å²) in [4.78, 5) is 28.7. The predicted molar refractivity (Wildman–Crippen MR) is 97.9 cm³/mol. The Morgan fingerprint density at radius 1 is 1.23 bits per heavy atom. The fourth-order valence-electron chi connectivity index (χ4n) is 2.51. The molecule has 1 aromatic heterocycles. The van der Waals surface area contributed by atoms with Crippen molar-refractivity contribution in [3.8, 4) is 22.8 Å². The normalized spacial score (nSPS) is 10.5. The van der Waals surface area contributed by atoms with Crippen molar-refractivity contribution >= 4 is 5.97 Å². The lowest BCUT2D eigenvalue weighted by atomic mass is 10.0. The summed E-state index contributed by atoms with van der Waals surface area (Å²) in [5.41, 5.74) is 1.15. The highest BCUT2D eigenvalue weighted by Crippen LogP contribution is 2.33. The van der Waals surface area contributed by atoms with Crippen LogP contribution in [0, 0.1) is 6.92 Å². The number of hydrogen-bond acceptors (Lipinski definition) is 6. The van der Waals surface area contributed by atoms with Crippen LogP contribution < -0.4 is 15.2 Å². The van der Waals surface area contributed by atoms with E-state index >= 15 is 0 Å². The van der Waals surface area contributed by atoms with Crippen molar-refractivity contribution in [1.82, 2.24) is 9.55 Å². The number of carbonyl (C=O) groups excluding carboxylic acids is 1. The van der Waals surface area contributed by atoms with Crippen LogP contribution in [0.2, 0.25) is 0 Å². The molecule has 26 heavy (non-hydrogen) atoms. The van der Waals surface area contributed by atoms with Crippen LogP contribution in [0.3, 0.4) is 0 Å². The molecular weight excluding hydrogens is 336 g/mol. The molecule has 1 aromatic carbocycles. The van der Waals surface area contributed by atoms with Gasteiger partial charge in [0.2, 0.25) is 0 Å². The van der Waals surface area contributed by atoms with Crippen molar-refractivity contribution < 1.29 is 19.0 Å². The molecule has 7 heteroatoms. The minimum absolute atomic E-state index is 0.230. The molecular formula is C19H24N2O5. The van der Waals surface area contributed by atoms with E-state index in [0.29, 0.717) is 29.4 Å². The zero-order valence-corrected chi connectivity index (χ0v) is 15.8. The second-order valence-corrected chi connectivity index (χ2v) is 5.70. The molecule has 140 valence electrons. The third-order valence-corrected chi connectivity index (χ3v) is 3.97. The number of methoxy groups -OCH3 is 1. The molecule has 0 spiro atoms. The summed E-state index contributed by atoms with van der Waals surface area (Å²) in [6.45, 7) is 6.22. The average Bonchev–Trinajstić information content (AvgIpc) is 2.64. The highest BCUT2D eigenvalue weighted by molar-refractivity contribution is 5.97. The molecule has 2 rings (SSSR count). The molecule has 0 saturated carbocycles. The summed E-state index contributed by atoms with van der Waals surface area (Å²) in [5.74, 6) is 0.579. The minimum atomic E-state index is -0.520. The molecule has 0 unspecified atom stereocenters. The fraction of sp³-hybridized carbons (Fsp3) is 0.421. The van der Waals surface area contributed by atoms with E-state index in [1.54, 1.807) is 39.1 Å². The van der Waals surface area contributed by atoms with Crippen molar-refractivity contribution in [1.29, 1.82) is 0 Å². The Morgan fingerprint density at radius 3 is 2.58 bits per heavy atom. The molecule has 0 bridgehead atoms. The Morgan fingerprint density at radius 2 is 1.96 bits per heavy atom. The van der Waals surface area contributed by atoms with Crippen molar-refractivity contribution in [2.24, 2.45) is 7.05 Å². The highest BCUT2D eigenvalue weighted by atomic mass is 16.5. The Hall–Kier alpha value is -2.83. The highest BCUT2D eigenvalue weighted by Gasteiger charge is 2.22. The molecule has 0 atom stereocenters. The van der Waals surface area contributed by atoms with E-state index in [1.807, 2.05) is 6.92 Å². The second kappa shape index (κ2) is 8.51. The van der Waals surface area contributed by atoms with Gasteiger partial charge in [-0.15, -0.1) is 0 Å². The Labute approximate surface area is 152 Å². The molecule has 0 aliphatic heterocycles. The number of hydrogen-bond donors (Lipinski definition) is 0. The number of nitrogens with zero attached hydrogens (tertiary/aromatic N) is 2. The van der Waals surface area contributed by atoms with Crippen LogP contribution in [0.1, 0.15) is 36.3 Å². The van der Waals surface area contributed by atoms with Crippen LogP contribution >= 0.6 is 0 Å². The SMILES string of the molecule is CCCOc1ccc(-c2nc(=O)n(C)c(C)c2C(=O)OCC)cc1OC. The van der Waals surface area contributed by atoms with Crippen molar-refractivity contribution in [3.05, 3.63) is 39.9 Å². The summed E-state index contributed by atoms with van der Waals surface area (Å²) in [5, 5.41) is 0. The van der Waals surface area contributed by atoms with Gasteiger partial charge >= 0.3 is 11.7 Å². The molecule has 0 N–H and O–H groups in total. The van der Waals surface area contributed by atoms with Gasteiger partial charge < -0.3 is 14.2 Å². The number of rotatable bonds is 7. The quantitative estimate of drug-likeness (QED) is 0.707. The van der Waals surface area contributed by atoms with E-state index in [9.17, 15) is 9.59 Å². The van der Waals surface area contributed by atoms with Crippen LogP contribution in [0.4, 0.5) is 0 Å². The van der Waals surface area contributed by atoms with Gasteiger partial charge in [-0.05, 0) is 38.5 Å². The van der Waals surface area contributed by atoms with Gasteiger partial charge in [-0.25, -0.2) is 9.59 Å². The van der Waals surface area contributed by atoms with Crippen LogP contribution in [0.25, 0.3) is 11.3 Å². The van der Waals surface area contributed by atoms with Crippen molar-refractivity contribution in [3.63, 3.8) is 0 Å². The van der Waals surface area contributed by atoms with Gasteiger partial charge in [0, 0.05) is 18.3 Å². The van der Waals surface area contributed by atoms with Gasteiger partial charge in [0.05, 0.1) is 26.0 Å². The van der Waals surface area contributed by atoms with Gasteiger partial charge in [0.15, 0.2) is 11.5 Å². The Balaban J connectivity index is 2.64. The maximum absolute atomic E-state index is 12.5. The first-order valence-electron chi connectivity index (χ1n) is 8.50. The maximum atomic E-state index is 12.5. The monoisotopic (exact) mass is 360 g/mol. The number of aromatic nitrogens is 2. The molecule has 7 nitrogen and oxygen atoms in total. The van der Waals surface area contributed by atoms with Crippen molar-refractivity contribution in [2.45, 2.75) is 27.2 Å². The van der Waals surface area contributed by atoms with E-state index < -0.39 is 11.7 Å². The molecule has 0 amide bonds. The summed E-state index contributed by atoms with van der Waals surface area (Å²) < 4.78 is 17.5. The smallest absolute Gasteiger partial charge is 0.348 e. The summed E-state index contributed by atoms with van der Waals surface area (Å²) in [6, 6.07) is 5.19. The first-order valence-corrected chi connectivity index (χ1v) is 8.50. The Kier molecular flexibility index (Phi) is 6.38. The number of ether oxygens (including phenoxy) is 3. The number of benzene rings is 1. The van der Waals surface area contributed by atoms with Crippen LogP contribution in [-0.2, 0) is 11.8 Å².